The summed E-state index contributed by atoms with van der Waals surface area (Å²) in [5, 5.41) is 0. The molecular formula is C4H7NS2. The molecule has 0 amide bonds. The van der Waals surface area contributed by atoms with Gasteiger partial charge in [-0.3, -0.25) is 0 Å². The van der Waals surface area contributed by atoms with Crippen LogP contribution in [-0.4, -0.2) is 9.85 Å². The van der Waals surface area contributed by atoms with Crippen LogP contribution in [0.2, 0.25) is 0 Å². The van der Waals surface area contributed by atoms with E-state index in [2.05, 4.69) is 12.2 Å². The number of nitrogens with two attached hydrogens (primary N) is 1. The second-order valence-electron chi connectivity index (χ2n) is 1.35. The first-order valence-corrected chi connectivity index (χ1v) is 2.72. The maximum atomic E-state index is 5.14. The SMILES string of the molecule is CC(=S)CC(N)=S. The zero-order valence-electron chi connectivity index (χ0n) is 4.10. The maximum absolute atomic E-state index is 5.14. The van der Waals surface area contributed by atoms with Gasteiger partial charge in [0, 0.05) is 6.42 Å². The lowest BCUT2D eigenvalue weighted by molar-refractivity contribution is 1.56. The van der Waals surface area contributed by atoms with Gasteiger partial charge in [-0.15, -0.1) is 0 Å². The van der Waals surface area contributed by atoms with Crippen LogP contribution in [0.15, 0.2) is 0 Å². The summed E-state index contributed by atoms with van der Waals surface area (Å²) in [5.41, 5.74) is 5.14. The van der Waals surface area contributed by atoms with E-state index in [1.807, 2.05) is 6.92 Å². The van der Waals surface area contributed by atoms with Crippen LogP contribution in [0.1, 0.15) is 13.3 Å². The summed E-state index contributed by atoms with van der Waals surface area (Å²) in [6, 6.07) is 0. The van der Waals surface area contributed by atoms with E-state index in [9.17, 15) is 0 Å². The Labute approximate surface area is 53.9 Å². The molecule has 0 radical (unpaired) electrons. The van der Waals surface area contributed by atoms with Gasteiger partial charge >= 0.3 is 0 Å². The summed E-state index contributed by atoms with van der Waals surface area (Å²) in [6.07, 6.45) is 0.602. The lowest BCUT2D eigenvalue weighted by Gasteiger charge is -1.89. The lowest BCUT2D eigenvalue weighted by atomic mass is 10.3. The van der Waals surface area contributed by atoms with Gasteiger partial charge in [-0.05, 0) is 11.8 Å². The molecule has 0 unspecified atom stereocenters. The van der Waals surface area contributed by atoms with E-state index < -0.39 is 0 Å². The second kappa shape index (κ2) is 3.04. The van der Waals surface area contributed by atoms with Gasteiger partial charge in [-0.1, -0.05) is 24.4 Å². The summed E-state index contributed by atoms with van der Waals surface area (Å²) in [6.45, 7) is 1.83. The Morgan fingerprint density at radius 2 is 2.00 bits per heavy atom. The first-order valence-electron chi connectivity index (χ1n) is 1.90. The molecule has 0 aliphatic rings. The number of hydrogen-bond acceptors (Lipinski definition) is 2. The molecule has 0 bridgehead atoms. The quantitative estimate of drug-likeness (QED) is 0.570. The maximum Gasteiger partial charge on any atom is 0.0776 e. The topological polar surface area (TPSA) is 26.0 Å². The van der Waals surface area contributed by atoms with Crippen molar-refractivity contribution >= 4 is 34.3 Å². The first kappa shape index (κ1) is 6.98. The molecule has 0 rings (SSSR count). The van der Waals surface area contributed by atoms with Crippen molar-refractivity contribution in [3.63, 3.8) is 0 Å². The summed E-state index contributed by atoms with van der Waals surface area (Å²) >= 11 is 9.27. The van der Waals surface area contributed by atoms with E-state index in [-0.39, 0.29) is 0 Å². The predicted octanol–water partition coefficient (Wildman–Crippen LogP) is 1.05. The van der Waals surface area contributed by atoms with Gasteiger partial charge < -0.3 is 5.73 Å². The largest absolute Gasteiger partial charge is 0.393 e. The van der Waals surface area contributed by atoms with Crippen molar-refractivity contribution in [3.05, 3.63) is 0 Å². The lowest BCUT2D eigenvalue weighted by Crippen LogP contribution is -2.10. The van der Waals surface area contributed by atoms with Gasteiger partial charge in [-0.2, -0.15) is 0 Å². The molecule has 3 heteroatoms. The third kappa shape index (κ3) is 5.98. The minimum atomic E-state index is 0.479. The zero-order valence-corrected chi connectivity index (χ0v) is 5.73. The van der Waals surface area contributed by atoms with Crippen LogP contribution >= 0.6 is 24.4 Å². The highest BCUT2D eigenvalue weighted by Gasteiger charge is 1.87. The molecule has 0 aromatic rings. The summed E-state index contributed by atoms with van der Waals surface area (Å²) in [5.74, 6) is 0. The summed E-state index contributed by atoms with van der Waals surface area (Å²) in [7, 11) is 0. The van der Waals surface area contributed by atoms with Crippen molar-refractivity contribution in [1.82, 2.24) is 0 Å². The molecule has 40 valence electrons. The smallest absolute Gasteiger partial charge is 0.0776 e. The van der Waals surface area contributed by atoms with Gasteiger partial charge in [0.1, 0.15) is 0 Å². The fraction of sp³-hybridized carbons (Fsp3) is 0.500. The van der Waals surface area contributed by atoms with E-state index in [0.717, 1.165) is 4.86 Å². The molecule has 0 aliphatic carbocycles. The highest BCUT2D eigenvalue weighted by Crippen LogP contribution is 1.83. The zero-order chi connectivity index (χ0) is 5.86. The van der Waals surface area contributed by atoms with Gasteiger partial charge in [0.25, 0.3) is 0 Å². The fourth-order valence-electron chi connectivity index (χ4n) is 0.245. The third-order valence-corrected chi connectivity index (χ3v) is 0.712. The van der Waals surface area contributed by atoms with Crippen molar-refractivity contribution in [2.45, 2.75) is 13.3 Å². The highest BCUT2D eigenvalue weighted by atomic mass is 32.1. The normalized spacial score (nSPS) is 8.14. The molecule has 0 atom stereocenters. The van der Waals surface area contributed by atoms with Gasteiger partial charge in [-0.25, -0.2) is 0 Å². The molecule has 0 spiro atoms. The molecule has 7 heavy (non-hydrogen) atoms. The first-order chi connectivity index (χ1) is 3.13. The molecule has 2 N–H and O–H groups in total. The van der Waals surface area contributed by atoms with Crippen molar-refractivity contribution in [2.24, 2.45) is 5.73 Å². The Balaban J connectivity index is 3.32. The summed E-state index contributed by atoms with van der Waals surface area (Å²) < 4.78 is 0. The number of hydrogen-bond donors (Lipinski definition) is 1. The minimum absolute atomic E-state index is 0.479. The number of rotatable bonds is 2. The Bertz CT molecular complexity index is 85.9. The van der Waals surface area contributed by atoms with Crippen molar-refractivity contribution < 1.29 is 0 Å². The Hall–Kier alpha value is -0.0200. The molecule has 0 aromatic heterocycles. The Morgan fingerprint density at radius 3 is 2.00 bits per heavy atom. The number of thiocarbonyl (C=S) groups is 2. The van der Waals surface area contributed by atoms with Crippen molar-refractivity contribution in [3.8, 4) is 0 Å². The van der Waals surface area contributed by atoms with E-state index in [1.54, 1.807) is 0 Å². The molecule has 0 saturated heterocycles. The van der Waals surface area contributed by atoms with Crippen LogP contribution in [0.25, 0.3) is 0 Å². The molecule has 0 saturated carbocycles. The van der Waals surface area contributed by atoms with Crippen LogP contribution in [0.5, 0.6) is 0 Å². The Morgan fingerprint density at radius 1 is 1.57 bits per heavy atom. The van der Waals surface area contributed by atoms with Crippen molar-refractivity contribution in [2.75, 3.05) is 0 Å². The van der Waals surface area contributed by atoms with E-state index in [4.69, 9.17) is 18.0 Å². The van der Waals surface area contributed by atoms with E-state index in [0.29, 0.717) is 11.4 Å². The van der Waals surface area contributed by atoms with Gasteiger partial charge in [0.2, 0.25) is 0 Å². The standard InChI is InChI=1S/C4H7NS2/c1-3(6)2-4(5)7/h2H2,1H3,(H2,5,7). The van der Waals surface area contributed by atoms with Crippen LogP contribution in [0.3, 0.4) is 0 Å². The van der Waals surface area contributed by atoms with E-state index >= 15 is 0 Å². The third-order valence-electron chi connectivity index (χ3n) is 0.423. The van der Waals surface area contributed by atoms with E-state index in [1.165, 1.54) is 0 Å². The van der Waals surface area contributed by atoms with Crippen LogP contribution in [0, 0.1) is 0 Å². The minimum Gasteiger partial charge on any atom is -0.393 e. The monoisotopic (exact) mass is 133 g/mol. The van der Waals surface area contributed by atoms with Crippen LogP contribution in [0.4, 0.5) is 0 Å². The highest BCUT2D eigenvalue weighted by molar-refractivity contribution is 7.82. The molecular weight excluding hydrogens is 126 g/mol. The van der Waals surface area contributed by atoms with Crippen LogP contribution < -0.4 is 5.73 Å². The molecule has 1 nitrogen and oxygen atoms in total. The fourth-order valence-corrected chi connectivity index (χ4v) is 0.709. The Kier molecular flexibility index (Phi) is 3.04. The molecule has 0 heterocycles. The van der Waals surface area contributed by atoms with Crippen molar-refractivity contribution in [1.29, 1.82) is 0 Å². The predicted molar refractivity (Wildman–Crippen MR) is 39.7 cm³/mol. The molecule has 0 fully saturated rings. The van der Waals surface area contributed by atoms with Gasteiger partial charge in [0.05, 0.1) is 4.99 Å². The van der Waals surface area contributed by atoms with Crippen LogP contribution in [-0.2, 0) is 0 Å². The molecule has 0 aromatic carbocycles. The second-order valence-corrected chi connectivity index (χ2v) is 2.57. The molecule has 0 aliphatic heterocycles. The average molecular weight is 133 g/mol. The van der Waals surface area contributed by atoms with Gasteiger partial charge in [0.15, 0.2) is 0 Å². The summed E-state index contributed by atoms with van der Waals surface area (Å²) in [4.78, 5) is 1.33. The average Bonchev–Trinajstić information content (AvgIpc) is 1.27.